The van der Waals surface area contributed by atoms with Crippen LogP contribution in [0.1, 0.15) is 0 Å². The van der Waals surface area contributed by atoms with Gasteiger partial charge in [-0.3, -0.25) is 0 Å². The van der Waals surface area contributed by atoms with Crippen molar-refractivity contribution in [1.82, 2.24) is 0 Å². The number of hydrogen-bond acceptors (Lipinski definition) is 2. The minimum atomic E-state index is 0.279. The highest BCUT2D eigenvalue weighted by molar-refractivity contribution is 7.98. The Bertz CT molecular complexity index is 172. The summed E-state index contributed by atoms with van der Waals surface area (Å²) in [7, 11) is 0. The summed E-state index contributed by atoms with van der Waals surface area (Å²) in [5, 5.41) is 0. The van der Waals surface area contributed by atoms with Gasteiger partial charge in [-0.2, -0.15) is 3.89 Å². The second kappa shape index (κ2) is 3.88. The van der Waals surface area contributed by atoms with Crippen LogP contribution in [0.3, 0.4) is 0 Å². The van der Waals surface area contributed by atoms with Gasteiger partial charge in [-0.1, -0.05) is 0 Å². The molecule has 3 heteroatoms. The molecule has 0 saturated carbocycles. The SMILES string of the molecule is CSc1ccc(SF)cc1. The van der Waals surface area contributed by atoms with E-state index in [0.717, 1.165) is 4.90 Å². The largest absolute Gasteiger partial charge is 0.160 e. The maximum atomic E-state index is 11.9. The second-order valence-electron chi connectivity index (χ2n) is 1.75. The second-order valence-corrected chi connectivity index (χ2v) is 3.26. The first kappa shape index (κ1) is 7.95. The summed E-state index contributed by atoms with van der Waals surface area (Å²) in [4.78, 5) is 1.83. The van der Waals surface area contributed by atoms with E-state index in [1.54, 1.807) is 23.9 Å². The van der Waals surface area contributed by atoms with Crippen LogP contribution in [0.2, 0.25) is 0 Å². The van der Waals surface area contributed by atoms with E-state index >= 15 is 0 Å². The van der Waals surface area contributed by atoms with E-state index < -0.39 is 0 Å². The number of halogens is 1. The number of hydrogen-bond donors (Lipinski definition) is 0. The first-order valence-electron chi connectivity index (χ1n) is 2.79. The van der Waals surface area contributed by atoms with Crippen LogP contribution in [-0.4, -0.2) is 6.26 Å². The Hall–Kier alpha value is -0.150. The summed E-state index contributed by atoms with van der Waals surface area (Å²) >= 11 is 1.94. The van der Waals surface area contributed by atoms with Gasteiger partial charge in [0, 0.05) is 9.79 Å². The molecule has 0 saturated heterocycles. The molecule has 0 aliphatic rings. The molecule has 0 aromatic heterocycles. The maximum Gasteiger partial charge on any atom is 0.0812 e. The number of rotatable bonds is 2. The van der Waals surface area contributed by atoms with Crippen LogP contribution in [0, 0.1) is 0 Å². The molecule has 0 fully saturated rings. The molecule has 0 radical (unpaired) electrons. The fraction of sp³-hybridized carbons (Fsp3) is 0.143. The molecule has 0 nitrogen and oxygen atoms in total. The zero-order chi connectivity index (χ0) is 7.40. The van der Waals surface area contributed by atoms with Gasteiger partial charge < -0.3 is 0 Å². The minimum Gasteiger partial charge on any atom is -0.160 e. The minimum absolute atomic E-state index is 0.279. The van der Waals surface area contributed by atoms with Gasteiger partial charge >= 0.3 is 0 Å². The maximum absolute atomic E-state index is 11.9. The van der Waals surface area contributed by atoms with Gasteiger partial charge in [0.25, 0.3) is 0 Å². The zero-order valence-corrected chi connectivity index (χ0v) is 7.14. The molecular weight excluding hydrogens is 167 g/mol. The third kappa shape index (κ3) is 1.92. The quantitative estimate of drug-likeness (QED) is 0.630. The Morgan fingerprint density at radius 2 is 1.60 bits per heavy atom. The van der Waals surface area contributed by atoms with Gasteiger partial charge in [0.2, 0.25) is 0 Å². The molecule has 0 bridgehead atoms. The Morgan fingerprint density at radius 1 is 1.10 bits per heavy atom. The van der Waals surface area contributed by atoms with Gasteiger partial charge in [-0.05, 0) is 30.5 Å². The van der Waals surface area contributed by atoms with Crippen LogP contribution >= 0.6 is 23.9 Å². The highest BCUT2D eigenvalue weighted by Crippen LogP contribution is 2.22. The predicted octanol–water partition coefficient (Wildman–Crippen LogP) is 3.39. The van der Waals surface area contributed by atoms with Crippen molar-refractivity contribution in [2.75, 3.05) is 6.26 Å². The molecule has 0 N–H and O–H groups in total. The van der Waals surface area contributed by atoms with Crippen molar-refractivity contribution in [2.24, 2.45) is 0 Å². The van der Waals surface area contributed by atoms with E-state index in [1.807, 2.05) is 18.4 Å². The van der Waals surface area contributed by atoms with Crippen molar-refractivity contribution < 1.29 is 3.89 Å². The lowest BCUT2D eigenvalue weighted by Crippen LogP contribution is -1.68. The standard InChI is InChI=1S/C7H7FS2/c1-9-6-2-4-7(10-8)5-3-6/h2-5H,1H3. The van der Waals surface area contributed by atoms with Crippen LogP contribution in [0.5, 0.6) is 0 Å². The predicted molar refractivity (Wildman–Crippen MR) is 45.2 cm³/mol. The van der Waals surface area contributed by atoms with Crippen molar-refractivity contribution in [3.05, 3.63) is 24.3 Å². The van der Waals surface area contributed by atoms with Crippen LogP contribution in [0.25, 0.3) is 0 Å². The fourth-order valence-electron chi connectivity index (χ4n) is 0.627. The van der Waals surface area contributed by atoms with Crippen molar-refractivity contribution in [2.45, 2.75) is 9.79 Å². The summed E-state index contributed by atoms with van der Waals surface area (Å²) in [6.07, 6.45) is 2.00. The number of thioether (sulfide) groups is 1. The van der Waals surface area contributed by atoms with Crippen molar-refractivity contribution >= 4 is 23.9 Å². The summed E-state index contributed by atoms with van der Waals surface area (Å²) in [6, 6.07) is 7.37. The lowest BCUT2D eigenvalue weighted by Gasteiger charge is -1.94. The average Bonchev–Trinajstić information content (AvgIpc) is 2.05. The molecule has 54 valence electrons. The van der Waals surface area contributed by atoms with Gasteiger partial charge in [0.1, 0.15) is 0 Å². The third-order valence-corrected chi connectivity index (χ3v) is 2.34. The van der Waals surface area contributed by atoms with Crippen LogP contribution < -0.4 is 0 Å². The highest BCUT2D eigenvalue weighted by Gasteiger charge is 1.91. The Balaban J connectivity index is 2.80. The van der Waals surface area contributed by atoms with Gasteiger partial charge in [-0.25, -0.2) is 0 Å². The van der Waals surface area contributed by atoms with Gasteiger partial charge in [0.05, 0.1) is 12.1 Å². The topological polar surface area (TPSA) is 0 Å². The monoisotopic (exact) mass is 174 g/mol. The van der Waals surface area contributed by atoms with E-state index in [-0.39, 0.29) is 12.1 Å². The lowest BCUT2D eigenvalue weighted by molar-refractivity contribution is 0.933. The first-order chi connectivity index (χ1) is 4.86. The number of benzene rings is 1. The molecule has 0 unspecified atom stereocenters. The fourth-order valence-corrected chi connectivity index (χ4v) is 1.27. The van der Waals surface area contributed by atoms with Crippen molar-refractivity contribution in [3.63, 3.8) is 0 Å². The molecule has 10 heavy (non-hydrogen) atoms. The van der Waals surface area contributed by atoms with Crippen molar-refractivity contribution in [1.29, 1.82) is 0 Å². The van der Waals surface area contributed by atoms with Gasteiger partial charge in [0.15, 0.2) is 0 Å². The third-order valence-electron chi connectivity index (χ3n) is 1.15. The molecule has 0 amide bonds. The van der Waals surface area contributed by atoms with E-state index in [2.05, 4.69) is 0 Å². The summed E-state index contributed by atoms with van der Waals surface area (Å²) < 4.78 is 11.9. The molecular formula is C7H7FS2. The Labute approximate surface area is 68.5 Å². The van der Waals surface area contributed by atoms with E-state index in [9.17, 15) is 3.89 Å². The lowest BCUT2D eigenvalue weighted by atomic mass is 10.4. The average molecular weight is 174 g/mol. The first-order valence-corrected chi connectivity index (χ1v) is 4.73. The van der Waals surface area contributed by atoms with E-state index in [1.165, 1.54) is 0 Å². The summed E-state index contributed by atoms with van der Waals surface area (Å²) in [5.74, 6) is 0. The van der Waals surface area contributed by atoms with Crippen molar-refractivity contribution in [3.8, 4) is 0 Å². The van der Waals surface area contributed by atoms with Crippen LogP contribution in [0.15, 0.2) is 34.1 Å². The van der Waals surface area contributed by atoms with Crippen LogP contribution in [-0.2, 0) is 0 Å². The molecule has 1 aromatic carbocycles. The van der Waals surface area contributed by atoms with E-state index in [4.69, 9.17) is 0 Å². The van der Waals surface area contributed by atoms with Crippen LogP contribution in [0.4, 0.5) is 3.89 Å². The molecule has 1 rings (SSSR count). The smallest absolute Gasteiger partial charge is 0.0812 e. The Kier molecular flexibility index (Phi) is 3.09. The zero-order valence-electron chi connectivity index (χ0n) is 5.50. The summed E-state index contributed by atoms with van der Waals surface area (Å²) in [6.45, 7) is 0. The highest BCUT2D eigenvalue weighted by atomic mass is 32.2. The van der Waals surface area contributed by atoms with Gasteiger partial charge in [-0.15, -0.1) is 11.8 Å². The molecule has 1 aromatic rings. The normalized spacial score (nSPS) is 9.80. The molecule has 0 spiro atoms. The summed E-state index contributed by atoms with van der Waals surface area (Å²) in [5.41, 5.74) is 0. The Morgan fingerprint density at radius 3 is 2.00 bits per heavy atom. The molecule has 0 atom stereocenters. The molecule has 0 aliphatic heterocycles. The molecule has 0 heterocycles. The van der Waals surface area contributed by atoms with E-state index in [0.29, 0.717) is 4.90 Å². The molecule has 0 aliphatic carbocycles.